The summed E-state index contributed by atoms with van der Waals surface area (Å²) in [5.41, 5.74) is 0. The maximum Gasteiger partial charge on any atom is 0.317 e. The van der Waals surface area contributed by atoms with Crippen LogP contribution in [-0.2, 0) is 15.6 Å². The van der Waals surface area contributed by atoms with Crippen LogP contribution in [0.3, 0.4) is 0 Å². The Kier molecular flexibility index (Phi) is 6.83. The van der Waals surface area contributed by atoms with E-state index in [1.54, 1.807) is 11.2 Å². The molecule has 1 aliphatic heterocycles. The highest BCUT2D eigenvalue weighted by Crippen LogP contribution is 2.19. The molecule has 1 fully saturated rings. The summed E-state index contributed by atoms with van der Waals surface area (Å²) in [5.74, 6) is -0.301. The smallest absolute Gasteiger partial charge is 0.317 e. The van der Waals surface area contributed by atoms with Crippen LogP contribution in [0.25, 0.3) is 0 Å². The molecule has 2 amide bonds. The van der Waals surface area contributed by atoms with Crippen molar-refractivity contribution >= 4 is 22.8 Å². The Hall–Kier alpha value is -1.11. The van der Waals surface area contributed by atoms with Crippen LogP contribution < -0.4 is 5.32 Å². The van der Waals surface area contributed by atoms with Crippen molar-refractivity contribution in [2.45, 2.75) is 38.1 Å². The van der Waals surface area contributed by atoms with Gasteiger partial charge in [0.1, 0.15) is 0 Å². The first kappa shape index (κ1) is 15.9. The van der Waals surface area contributed by atoms with Crippen LogP contribution >= 0.6 is 0 Å². The van der Waals surface area contributed by atoms with Crippen LogP contribution in [0.15, 0.2) is 0 Å². The highest BCUT2D eigenvalue weighted by Gasteiger charge is 2.28. The number of carbonyl (C=O) groups is 2. The number of hydrogen-bond acceptors (Lipinski definition) is 3. The Labute approximate surface area is 116 Å². The second kappa shape index (κ2) is 8.14. The molecule has 0 saturated carbocycles. The quantitative estimate of drug-likeness (QED) is 0.708. The summed E-state index contributed by atoms with van der Waals surface area (Å²) in [6, 6.07) is -0.403. The Morgan fingerprint density at radius 2 is 2.16 bits per heavy atom. The van der Waals surface area contributed by atoms with E-state index in [0.717, 1.165) is 19.3 Å². The van der Waals surface area contributed by atoms with Gasteiger partial charge >= 0.3 is 12.0 Å². The minimum atomic E-state index is -0.869. The lowest BCUT2D eigenvalue weighted by Crippen LogP contribution is -2.49. The third kappa shape index (κ3) is 6.04. The summed E-state index contributed by atoms with van der Waals surface area (Å²) in [7, 11) is -0.842. The van der Waals surface area contributed by atoms with E-state index in [1.807, 2.05) is 0 Å². The molecule has 2 atom stereocenters. The topological polar surface area (TPSA) is 86.7 Å². The second-order valence-electron chi connectivity index (χ2n) is 4.80. The largest absolute Gasteiger partial charge is 0.481 e. The number of carbonyl (C=O) groups excluding carboxylic acids is 1. The lowest BCUT2D eigenvalue weighted by Gasteiger charge is -2.34. The number of hydrogen-bond donors (Lipinski definition) is 2. The van der Waals surface area contributed by atoms with E-state index in [-0.39, 0.29) is 18.5 Å². The van der Waals surface area contributed by atoms with Gasteiger partial charge in [-0.15, -0.1) is 0 Å². The standard InChI is InChI=1S/C12H22N2O4S/c1-19(18)8-4-6-13-12(17)14-7-3-2-5-10(14)9-11(15)16/h10H,2-9H2,1H3,(H,13,17)(H,15,16). The van der Waals surface area contributed by atoms with Crippen molar-refractivity contribution < 1.29 is 18.9 Å². The molecule has 2 N–H and O–H groups in total. The maximum atomic E-state index is 12.0. The van der Waals surface area contributed by atoms with Gasteiger partial charge in [-0.05, 0) is 25.7 Å². The first-order chi connectivity index (χ1) is 9.00. The lowest BCUT2D eigenvalue weighted by molar-refractivity contribution is -0.138. The molecule has 0 aromatic rings. The van der Waals surface area contributed by atoms with Gasteiger partial charge in [0, 0.05) is 41.9 Å². The first-order valence-electron chi connectivity index (χ1n) is 6.57. The van der Waals surface area contributed by atoms with Gasteiger partial charge < -0.3 is 15.3 Å². The molecule has 0 aliphatic carbocycles. The van der Waals surface area contributed by atoms with Crippen molar-refractivity contribution in [1.29, 1.82) is 0 Å². The Bertz CT molecular complexity index is 349. The molecule has 1 saturated heterocycles. The second-order valence-corrected chi connectivity index (χ2v) is 6.36. The van der Waals surface area contributed by atoms with E-state index in [0.29, 0.717) is 25.3 Å². The molecule has 0 radical (unpaired) electrons. The molecule has 0 aromatic carbocycles. The van der Waals surface area contributed by atoms with Gasteiger partial charge in [-0.1, -0.05) is 0 Å². The van der Waals surface area contributed by atoms with Crippen LogP contribution in [0.2, 0.25) is 0 Å². The SMILES string of the molecule is CS(=O)CCCNC(=O)N1CCCCC1CC(=O)O. The number of aliphatic carboxylic acids is 1. The molecular formula is C12H22N2O4S. The molecule has 7 heteroatoms. The number of rotatable bonds is 6. The van der Waals surface area contributed by atoms with Gasteiger partial charge in [-0.3, -0.25) is 9.00 Å². The maximum absolute atomic E-state index is 12.0. The zero-order valence-corrected chi connectivity index (χ0v) is 12.1. The Balaban J connectivity index is 2.38. The lowest BCUT2D eigenvalue weighted by atomic mass is 10.00. The van der Waals surface area contributed by atoms with Crippen molar-refractivity contribution in [3.8, 4) is 0 Å². The van der Waals surface area contributed by atoms with Crippen LogP contribution in [0, 0.1) is 0 Å². The minimum absolute atomic E-state index is 0.00635. The third-order valence-corrected chi connectivity index (χ3v) is 4.05. The zero-order chi connectivity index (χ0) is 14.3. The summed E-state index contributed by atoms with van der Waals surface area (Å²) in [4.78, 5) is 24.4. The van der Waals surface area contributed by atoms with Gasteiger partial charge in [0.15, 0.2) is 0 Å². The summed E-state index contributed by atoms with van der Waals surface area (Å²) in [6.07, 6.45) is 4.95. The first-order valence-corrected chi connectivity index (χ1v) is 8.29. The normalized spacial score (nSPS) is 20.9. The molecule has 1 aliphatic rings. The van der Waals surface area contributed by atoms with Crippen LogP contribution in [0.1, 0.15) is 32.1 Å². The third-order valence-electron chi connectivity index (χ3n) is 3.18. The monoisotopic (exact) mass is 290 g/mol. The number of carboxylic acid groups (broad SMARTS) is 1. The molecular weight excluding hydrogens is 268 g/mol. The highest BCUT2D eigenvalue weighted by atomic mass is 32.2. The van der Waals surface area contributed by atoms with Crippen LogP contribution in [0.4, 0.5) is 4.79 Å². The summed E-state index contributed by atoms with van der Waals surface area (Å²) >= 11 is 0. The molecule has 0 spiro atoms. The van der Waals surface area contributed by atoms with E-state index in [9.17, 15) is 13.8 Å². The summed E-state index contributed by atoms with van der Waals surface area (Å²) < 4.78 is 10.9. The number of nitrogens with one attached hydrogen (secondary N) is 1. The fraction of sp³-hybridized carbons (Fsp3) is 0.833. The van der Waals surface area contributed by atoms with Gasteiger partial charge in [0.2, 0.25) is 0 Å². The van der Waals surface area contributed by atoms with E-state index < -0.39 is 16.8 Å². The average Bonchev–Trinajstić information content (AvgIpc) is 2.34. The Morgan fingerprint density at radius 1 is 1.42 bits per heavy atom. The van der Waals surface area contributed by atoms with Crippen molar-refractivity contribution in [2.24, 2.45) is 0 Å². The summed E-state index contributed by atoms with van der Waals surface area (Å²) in [5, 5.41) is 11.6. The van der Waals surface area contributed by atoms with Gasteiger partial charge in [0.25, 0.3) is 0 Å². The zero-order valence-electron chi connectivity index (χ0n) is 11.3. The molecule has 6 nitrogen and oxygen atoms in total. The molecule has 0 bridgehead atoms. The molecule has 2 unspecified atom stereocenters. The minimum Gasteiger partial charge on any atom is -0.481 e. The van der Waals surface area contributed by atoms with E-state index in [1.165, 1.54) is 0 Å². The van der Waals surface area contributed by atoms with Crippen molar-refractivity contribution in [3.05, 3.63) is 0 Å². The van der Waals surface area contributed by atoms with Gasteiger partial charge in [0.05, 0.1) is 6.42 Å². The predicted molar refractivity (Wildman–Crippen MR) is 73.5 cm³/mol. The number of carboxylic acids is 1. The molecule has 0 aromatic heterocycles. The number of urea groups is 1. The van der Waals surface area contributed by atoms with E-state index >= 15 is 0 Å². The number of likely N-dealkylation sites (tertiary alicyclic amines) is 1. The highest BCUT2D eigenvalue weighted by molar-refractivity contribution is 7.84. The molecule has 110 valence electrons. The van der Waals surface area contributed by atoms with Gasteiger partial charge in [-0.25, -0.2) is 4.79 Å². The molecule has 1 rings (SSSR count). The predicted octanol–water partition coefficient (Wildman–Crippen LogP) is 0.794. The van der Waals surface area contributed by atoms with Gasteiger partial charge in [-0.2, -0.15) is 0 Å². The van der Waals surface area contributed by atoms with Crippen molar-refractivity contribution in [1.82, 2.24) is 10.2 Å². The number of amides is 2. The van der Waals surface area contributed by atoms with Crippen molar-refractivity contribution in [3.63, 3.8) is 0 Å². The number of nitrogens with zero attached hydrogens (tertiary/aromatic N) is 1. The van der Waals surface area contributed by atoms with E-state index in [2.05, 4.69) is 5.32 Å². The molecule has 1 heterocycles. The summed E-state index contributed by atoms with van der Waals surface area (Å²) in [6.45, 7) is 1.10. The Morgan fingerprint density at radius 3 is 2.79 bits per heavy atom. The van der Waals surface area contributed by atoms with E-state index in [4.69, 9.17) is 5.11 Å². The fourth-order valence-electron chi connectivity index (χ4n) is 2.25. The molecule has 19 heavy (non-hydrogen) atoms. The van der Waals surface area contributed by atoms with Crippen LogP contribution in [0.5, 0.6) is 0 Å². The van der Waals surface area contributed by atoms with Crippen LogP contribution in [-0.4, -0.2) is 57.4 Å². The fourth-order valence-corrected chi connectivity index (χ4v) is 2.80. The number of piperidine rings is 1. The average molecular weight is 290 g/mol. The van der Waals surface area contributed by atoms with Crippen molar-refractivity contribution in [2.75, 3.05) is 25.1 Å².